The van der Waals surface area contributed by atoms with Crippen molar-refractivity contribution in [3.05, 3.63) is 47.2 Å². The molecule has 0 bridgehead atoms. The van der Waals surface area contributed by atoms with Crippen LogP contribution < -0.4 is 5.32 Å². The summed E-state index contributed by atoms with van der Waals surface area (Å²) in [5.41, 5.74) is 1.81. The number of likely N-dealkylation sites (N-methyl/N-ethyl adjacent to an activating group) is 1. The molecule has 0 amide bonds. The van der Waals surface area contributed by atoms with Crippen molar-refractivity contribution in [3.8, 4) is 0 Å². The maximum absolute atomic E-state index is 13.3. The van der Waals surface area contributed by atoms with Gasteiger partial charge in [-0.05, 0) is 42.7 Å². The van der Waals surface area contributed by atoms with Gasteiger partial charge in [0, 0.05) is 0 Å². The van der Waals surface area contributed by atoms with Crippen LogP contribution in [0.2, 0.25) is 0 Å². The molecule has 0 saturated carbocycles. The Morgan fingerprint density at radius 1 is 1.33 bits per heavy atom. The van der Waals surface area contributed by atoms with Gasteiger partial charge in [0.15, 0.2) is 11.6 Å². The number of halogens is 2. The van der Waals surface area contributed by atoms with E-state index in [0.29, 0.717) is 0 Å². The van der Waals surface area contributed by atoms with Gasteiger partial charge in [0.2, 0.25) is 0 Å². The molecule has 0 saturated heterocycles. The molecule has 0 aromatic heterocycles. The maximum atomic E-state index is 13.3. The van der Waals surface area contributed by atoms with Crippen LogP contribution in [0, 0.1) is 11.6 Å². The lowest BCUT2D eigenvalue weighted by atomic mass is 9.95. The highest BCUT2D eigenvalue weighted by Crippen LogP contribution is 2.28. The van der Waals surface area contributed by atoms with Crippen molar-refractivity contribution in [2.75, 3.05) is 13.2 Å². The molecule has 1 aliphatic rings. The largest absolute Gasteiger partial charge is 0.501 e. The zero-order valence-corrected chi connectivity index (χ0v) is 10.4. The van der Waals surface area contributed by atoms with Crippen molar-refractivity contribution in [3.63, 3.8) is 0 Å². The van der Waals surface area contributed by atoms with Crippen LogP contribution in [-0.4, -0.2) is 13.2 Å². The standard InChI is InChI=1S/C14H17F2NO/c1-2-17-14(11-4-3-7-18-9-11)10-5-6-12(15)13(16)8-10/h5-6,8-9,14,17H,2-4,7H2,1H3. The lowest BCUT2D eigenvalue weighted by Gasteiger charge is -2.24. The molecule has 0 fully saturated rings. The van der Waals surface area contributed by atoms with Crippen molar-refractivity contribution in [1.82, 2.24) is 5.32 Å². The van der Waals surface area contributed by atoms with Gasteiger partial charge >= 0.3 is 0 Å². The summed E-state index contributed by atoms with van der Waals surface area (Å²) in [6.45, 7) is 3.46. The molecule has 1 aliphatic heterocycles. The van der Waals surface area contributed by atoms with Crippen LogP contribution in [0.25, 0.3) is 0 Å². The van der Waals surface area contributed by atoms with Gasteiger partial charge in [-0.2, -0.15) is 0 Å². The summed E-state index contributed by atoms with van der Waals surface area (Å²) >= 11 is 0. The average Bonchev–Trinajstić information content (AvgIpc) is 2.40. The van der Waals surface area contributed by atoms with E-state index in [-0.39, 0.29) is 6.04 Å². The van der Waals surface area contributed by atoms with Crippen LogP contribution in [0.1, 0.15) is 31.4 Å². The van der Waals surface area contributed by atoms with Crippen LogP contribution in [0.4, 0.5) is 8.78 Å². The second-order valence-corrected chi connectivity index (χ2v) is 4.33. The molecule has 0 spiro atoms. The Balaban J connectivity index is 2.28. The highest BCUT2D eigenvalue weighted by atomic mass is 19.2. The summed E-state index contributed by atoms with van der Waals surface area (Å²) in [6, 6.07) is 3.92. The fourth-order valence-corrected chi connectivity index (χ4v) is 2.16. The summed E-state index contributed by atoms with van der Waals surface area (Å²) in [5, 5.41) is 3.28. The van der Waals surface area contributed by atoms with E-state index in [1.165, 1.54) is 12.1 Å². The van der Waals surface area contributed by atoms with Crippen molar-refractivity contribution >= 4 is 0 Å². The highest BCUT2D eigenvalue weighted by molar-refractivity contribution is 5.29. The minimum Gasteiger partial charge on any atom is -0.501 e. The molecule has 1 unspecified atom stereocenters. The Morgan fingerprint density at radius 2 is 2.17 bits per heavy atom. The second kappa shape index (κ2) is 5.96. The van der Waals surface area contributed by atoms with Crippen molar-refractivity contribution in [2.45, 2.75) is 25.8 Å². The molecule has 98 valence electrons. The number of ether oxygens (including phenoxy) is 1. The monoisotopic (exact) mass is 253 g/mol. The number of hydrogen-bond donors (Lipinski definition) is 1. The van der Waals surface area contributed by atoms with Gasteiger partial charge in [-0.1, -0.05) is 13.0 Å². The third-order valence-corrected chi connectivity index (χ3v) is 3.02. The lowest BCUT2D eigenvalue weighted by molar-refractivity contribution is 0.219. The van der Waals surface area contributed by atoms with Gasteiger partial charge in [0.05, 0.1) is 18.9 Å². The lowest BCUT2D eigenvalue weighted by Crippen LogP contribution is -2.24. The van der Waals surface area contributed by atoms with Crippen molar-refractivity contribution in [2.24, 2.45) is 0 Å². The Morgan fingerprint density at radius 3 is 2.78 bits per heavy atom. The topological polar surface area (TPSA) is 21.3 Å². The molecule has 18 heavy (non-hydrogen) atoms. The molecule has 2 rings (SSSR count). The third kappa shape index (κ3) is 2.88. The Hall–Kier alpha value is -1.42. The first-order valence-electron chi connectivity index (χ1n) is 6.21. The number of benzene rings is 1. The normalized spacial score (nSPS) is 16.9. The van der Waals surface area contributed by atoms with Gasteiger partial charge in [-0.3, -0.25) is 0 Å². The minimum atomic E-state index is -0.817. The molecule has 0 aliphatic carbocycles. The molecule has 1 aromatic rings. The van der Waals surface area contributed by atoms with Gasteiger partial charge in [-0.25, -0.2) is 8.78 Å². The molecule has 4 heteroatoms. The zero-order chi connectivity index (χ0) is 13.0. The van der Waals surface area contributed by atoms with E-state index in [1.807, 2.05) is 6.92 Å². The first kappa shape index (κ1) is 13.0. The van der Waals surface area contributed by atoms with Gasteiger partial charge in [-0.15, -0.1) is 0 Å². The number of rotatable bonds is 4. The SMILES string of the molecule is CCNC(C1=COCCC1)c1ccc(F)c(F)c1. The van der Waals surface area contributed by atoms with E-state index in [0.717, 1.165) is 37.1 Å². The maximum Gasteiger partial charge on any atom is 0.159 e. The molecule has 0 radical (unpaired) electrons. The van der Waals surface area contributed by atoms with Crippen LogP contribution >= 0.6 is 0 Å². The Labute approximate surface area is 106 Å². The summed E-state index contributed by atoms with van der Waals surface area (Å²) < 4.78 is 31.6. The predicted molar refractivity (Wildman–Crippen MR) is 66.0 cm³/mol. The fourth-order valence-electron chi connectivity index (χ4n) is 2.16. The van der Waals surface area contributed by atoms with Gasteiger partial charge in [0.1, 0.15) is 0 Å². The van der Waals surface area contributed by atoms with E-state index in [1.54, 1.807) is 12.3 Å². The van der Waals surface area contributed by atoms with Crippen molar-refractivity contribution in [1.29, 1.82) is 0 Å². The zero-order valence-electron chi connectivity index (χ0n) is 10.4. The first-order valence-corrected chi connectivity index (χ1v) is 6.21. The van der Waals surface area contributed by atoms with Crippen molar-refractivity contribution < 1.29 is 13.5 Å². The van der Waals surface area contributed by atoms with E-state index >= 15 is 0 Å². The highest BCUT2D eigenvalue weighted by Gasteiger charge is 2.19. The van der Waals surface area contributed by atoms with E-state index < -0.39 is 11.6 Å². The van der Waals surface area contributed by atoms with Gasteiger partial charge < -0.3 is 10.1 Å². The molecule has 1 atom stereocenters. The fraction of sp³-hybridized carbons (Fsp3) is 0.429. The third-order valence-electron chi connectivity index (χ3n) is 3.02. The van der Waals surface area contributed by atoms with Gasteiger partial charge in [0.25, 0.3) is 0 Å². The predicted octanol–water partition coefficient (Wildman–Crippen LogP) is 3.31. The summed E-state index contributed by atoms with van der Waals surface area (Å²) in [4.78, 5) is 0. The van der Waals surface area contributed by atoms with Crippen LogP contribution in [0.5, 0.6) is 0 Å². The number of hydrogen-bond acceptors (Lipinski definition) is 2. The molecule has 1 aromatic carbocycles. The summed E-state index contributed by atoms with van der Waals surface area (Å²) in [7, 11) is 0. The molecule has 1 N–H and O–H groups in total. The van der Waals surface area contributed by atoms with E-state index in [9.17, 15) is 8.78 Å². The smallest absolute Gasteiger partial charge is 0.159 e. The minimum absolute atomic E-state index is 0.106. The first-order chi connectivity index (χ1) is 8.72. The Bertz CT molecular complexity index is 445. The summed E-state index contributed by atoms with van der Waals surface area (Å²) in [6.07, 6.45) is 3.60. The molecular weight excluding hydrogens is 236 g/mol. The Kier molecular flexibility index (Phi) is 4.31. The molecule has 2 nitrogen and oxygen atoms in total. The molecular formula is C14H17F2NO. The van der Waals surface area contributed by atoms with E-state index in [2.05, 4.69) is 5.32 Å². The summed E-state index contributed by atoms with van der Waals surface area (Å²) in [5.74, 6) is -1.63. The average molecular weight is 253 g/mol. The quantitative estimate of drug-likeness (QED) is 0.888. The van der Waals surface area contributed by atoms with Crippen LogP contribution in [-0.2, 0) is 4.74 Å². The number of nitrogens with one attached hydrogen (secondary N) is 1. The van der Waals surface area contributed by atoms with Crippen LogP contribution in [0.3, 0.4) is 0 Å². The second-order valence-electron chi connectivity index (χ2n) is 4.33. The van der Waals surface area contributed by atoms with Crippen LogP contribution in [0.15, 0.2) is 30.0 Å². The van der Waals surface area contributed by atoms with E-state index in [4.69, 9.17) is 4.74 Å². The molecule has 1 heterocycles.